The Labute approximate surface area is 115 Å². The molecule has 2 N–H and O–H groups in total. The van der Waals surface area contributed by atoms with Gasteiger partial charge in [0.05, 0.1) is 4.90 Å². The Morgan fingerprint density at radius 2 is 1.95 bits per heavy atom. The smallest absolute Gasteiger partial charge is 0.243 e. The van der Waals surface area contributed by atoms with Crippen molar-refractivity contribution in [3.63, 3.8) is 0 Å². The number of nitrogens with two attached hydrogens (primary N) is 1. The monoisotopic (exact) mass is 282 g/mol. The molecule has 2 atom stereocenters. The number of nitrogen functional groups attached to an aromatic ring is 1. The van der Waals surface area contributed by atoms with Crippen molar-refractivity contribution in [3.05, 3.63) is 23.8 Å². The zero-order chi connectivity index (χ0) is 14.2. The highest BCUT2D eigenvalue weighted by molar-refractivity contribution is 7.89. The Balaban J connectivity index is 2.29. The normalized spacial score (nSPS) is 25.4. The Kier molecular flexibility index (Phi) is 3.87. The highest BCUT2D eigenvalue weighted by Crippen LogP contribution is 2.28. The van der Waals surface area contributed by atoms with E-state index in [0.29, 0.717) is 35.5 Å². The molecule has 0 aliphatic carbocycles. The number of sulfonamides is 1. The summed E-state index contributed by atoms with van der Waals surface area (Å²) in [5, 5.41) is 0. The summed E-state index contributed by atoms with van der Waals surface area (Å²) >= 11 is 0. The predicted octanol–water partition coefficient (Wildman–Crippen LogP) is 2.24. The average molecular weight is 282 g/mol. The molecule has 1 fully saturated rings. The van der Waals surface area contributed by atoms with Gasteiger partial charge in [-0.3, -0.25) is 0 Å². The summed E-state index contributed by atoms with van der Waals surface area (Å²) in [6.45, 7) is 7.35. The first kappa shape index (κ1) is 14.3. The van der Waals surface area contributed by atoms with Crippen LogP contribution in [0.15, 0.2) is 23.1 Å². The van der Waals surface area contributed by atoms with Crippen LogP contribution >= 0.6 is 0 Å². The Bertz CT molecular complexity index is 569. The van der Waals surface area contributed by atoms with E-state index in [1.54, 1.807) is 22.5 Å². The summed E-state index contributed by atoms with van der Waals surface area (Å²) in [5.74, 6) is 0.973. The highest BCUT2D eigenvalue weighted by Gasteiger charge is 2.31. The van der Waals surface area contributed by atoms with Crippen LogP contribution in [-0.4, -0.2) is 25.8 Å². The van der Waals surface area contributed by atoms with Crippen molar-refractivity contribution in [2.45, 2.75) is 32.1 Å². The molecule has 1 aliphatic rings. The van der Waals surface area contributed by atoms with Crippen LogP contribution < -0.4 is 5.73 Å². The first-order valence-electron chi connectivity index (χ1n) is 6.68. The van der Waals surface area contributed by atoms with Crippen LogP contribution in [0.3, 0.4) is 0 Å². The van der Waals surface area contributed by atoms with Gasteiger partial charge in [0, 0.05) is 18.8 Å². The van der Waals surface area contributed by atoms with E-state index in [2.05, 4.69) is 13.8 Å². The van der Waals surface area contributed by atoms with E-state index in [-0.39, 0.29) is 0 Å². The average Bonchev–Trinajstić information content (AvgIpc) is 2.35. The minimum absolute atomic E-state index is 0.303. The van der Waals surface area contributed by atoms with E-state index >= 15 is 0 Å². The van der Waals surface area contributed by atoms with E-state index in [0.717, 1.165) is 12.0 Å². The molecule has 1 heterocycles. The summed E-state index contributed by atoms with van der Waals surface area (Å²) in [7, 11) is -3.40. The van der Waals surface area contributed by atoms with Gasteiger partial charge in [-0.25, -0.2) is 8.42 Å². The Hall–Kier alpha value is -1.07. The third kappa shape index (κ3) is 2.77. The van der Waals surface area contributed by atoms with Crippen molar-refractivity contribution >= 4 is 15.7 Å². The van der Waals surface area contributed by atoms with Crippen LogP contribution in [0.2, 0.25) is 0 Å². The van der Waals surface area contributed by atoms with Gasteiger partial charge in [-0.15, -0.1) is 0 Å². The number of anilines is 1. The van der Waals surface area contributed by atoms with Crippen molar-refractivity contribution in [1.29, 1.82) is 0 Å². The molecule has 0 amide bonds. The van der Waals surface area contributed by atoms with Gasteiger partial charge in [0.2, 0.25) is 10.0 Å². The van der Waals surface area contributed by atoms with E-state index in [1.165, 1.54) is 0 Å². The molecule has 2 rings (SSSR count). The first-order valence-corrected chi connectivity index (χ1v) is 8.12. The van der Waals surface area contributed by atoms with E-state index < -0.39 is 10.0 Å². The highest BCUT2D eigenvalue weighted by atomic mass is 32.2. The van der Waals surface area contributed by atoms with Crippen LogP contribution in [0, 0.1) is 18.8 Å². The second-order valence-corrected chi connectivity index (χ2v) is 7.56. The second-order valence-electron chi connectivity index (χ2n) is 5.62. The first-order chi connectivity index (χ1) is 8.82. The summed E-state index contributed by atoms with van der Waals surface area (Å²) in [5.41, 5.74) is 7.24. The van der Waals surface area contributed by atoms with Crippen molar-refractivity contribution in [1.82, 2.24) is 4.31 Å². The van der Waals surface area contributed by atoms with Gasteiger partial charge in [0.1, 0.15) is 0 Å². The molecule has 1 aromatic carbocycles. The molecular weight excluding hydrogens is 260 g/mol. The zero-order valence-electron chi connectivity index (χ0n) is 11.8. The van der Waals surface area contributed by atoms with Crippen LogP contribution in [0.25, 0.3) is 0 Å². The van der Waals surface area contributed by atoms with Crippen molar-refractivity contribution in [2.75, 3.05) is 18.8 Å². The van der Waals surface area contributed by atoms with Crippen molar-refractivity contribution in [3.8, 4) is 0 Å². The number of nitrogens with zero attached hydrogens (tertiary/aromatic N) is 1. The van der Waals surface area contributed by atoms with E-state index in [1.807, 2.05) is 6.92 Å². The van der Waals surface area contributed by atoms with Gasteiger partial charge in [-0.1, -0.05) is 19.9 Å². The third-order valence-electron chi connectivity index (χ3n) is 4.19. The molecule has 0 radical (unpaired) electrons. The maximum atomic E-state index is 12.6. The van der Waals surface area contributed by atoms with Gasteiger partial charge in [-0.05, 0) is 42.9 Å². The number of piperidine rings is 1. The van der Waals surface area contributed by atoms with E-state index in [4.69, 9.17) is 5.73 Å². The Morgan fingerprint density at radius 1 is 1.26 bits per heavy atom. The van der Waals surface area contributed by atoms with Crippen LogP contribution in [-0.2, 0) is 10.0 Å². The quantitative estimate of drug-likeness (QED) is 0.846. The summed E-state index contributed by atoms with van der Waals surface area (Å²) < 4.78 is 26.7. The molecule has 1 aromatic rings. The molecule has 1 saturated heterocycles. The molecule has 19 heavy (non-hydrogen) atoms. The number of aryl methyl sites for hydroxylation is 1. The predicted molar refractivity (Wildman–Crippen MR) is 77.3 cm³/mol. The molecular formula is C14H22N2O2S. The molecule has 0 aromatic heterocycles. The lowest BCUT2D eigenvalue weighted by Crippen LogP contribution is -2.42. The van der Waals surface area contributed by atoms with Gasteiger partial charge in [-0.2, -0.15) is 4.31 Å². The largest absolute Gasteiger partial charge is 0.398 e. The van der Waals surface area contributed by atoms with Gasteiger partial charge >= 0.3 is 0 Å². The van der Waals surface area contributed by atoms with Crippen molar-refractivity contribution < 1.29 is 8.42 Å². The number of rotatable bonds is 2. The van der Waals surface area contributed by atoms with Gasteiger partial charge in [0.25, 0.3) is 0 Å². The van der Waals surface area contributed by atoms with Crippen molar-refractivity contribution in [2.24, 2.45) is 11.8 Å². The Morgan fingerprint density at radius 3 is 2.53 bits per heavy atom. The molecule has 0 saturated carbocycles. The van der Waals surface area contributed by atoms with Gasteiger partial charge < -0.3 is 5.73 Å². The number of hydrogen-bond acceptors (Lipinski definition) is 3. The molecule has 4 nitrogen and oxygen atoms in total. The number of hydrogen-bond donors (Lipinski definition) is 1. The summed E-state index contributed by atoms with van der Waals surface area (Å²) in [4.78, 5) is 0.303. The van der Waals surface area contributed by atoms with Crippen LogP contribution in [0.5, 0.6) is 0 Å². The zero-order valence-corrected chi connectivity index (χ0v) is 12.6. The minimum Gasteiger partial charge on any atom is -0.398 e. The van der Waals surface area contributed by atoms with Crippen LogP contribution in [0.1, 0.15) is 25.8 Å². The fourth-order valence-corrected chi connectivity index (χ4v) is 3.96. The molecule has 0 bridgehead atoms. The molecule has 0 spiro atoms. The molecule has 2 unspecified atom stereocenters. The fourth-order valence-electron chi connectivity index (χ4n) is 2.37. The van der Waals surface area contributed by atoms with E-state index in [9.17, 15) is 8.42 Å². The summed E-state index contributed by atoms with van der Waals surface area (Å²) in [6.07, 6.45) is 0.918. The lowest BCUT2D eigenvalue weighted by Gasteiger charge is -2.34. The minimum atomic E-state index is -3.40. The second kappa shape index (κ2) is 5.13. The molecule has 5 heteroatoms. The SMILES string of the molecule is Cc1ccc(S(=O)(=O)N2CCC(C)C(C)C2)cc1N. The molecule has 106 valence electrons. The van der Waals surface area contributed by atoms with Gasteiger partial charge in [0.15, 0.2) is 0 Å². The molecule has 1 aliphatic heterocycles. The topological polar surface area (TPSA) is 63.4 Å². The fraction of sp³-hybridized carbons (Fsp3) is 0.571. The standard InChI is InChI=1S/C14H22N2O2S/c1-10-6-7-16(9-12(10)3)19(17,18)13-5-4-11(2)14(15)8-13/h4-5,8,10,12H,6-7,9,15H2,1-3H3. The summed E-state index contributed by atoms with van der Waals surface area (Å²) in [6, 6.07) is 4.97. The van der Waals surface area contributed by atoms with Crippen LogP contribution in [0.4, 0.5) is 5.69 Å². The lowest BCUT2D eigenvalue weighted by molar-refractivity contribution is 0.212. The maximum absolute atomic E-state index is 12.6. The number of benzene rings is 1. The maximum Gasteiger partial charge on any atom is 0.243 e. The third-order valence-corrected chi connectivity index (χ3v) is 6.05. The lowest BCUT2D eigenvalue weighted by atomic mass is 9.90.